The predicted octanol–water partition coefficient (Wildman–Crippen LogP) is 3.86. The number of allylic oxidation sites excluding steroid dienone is 2. The molecule has 0 aliphatic carbocycles. The molecule has 0 atom stereocenters. The second-order valence-corrected chi connectivity index (χ2v) is 4.31. The number of halogens is 4. The van der Waals surface area contributed by atoms with E-state index in [-0.39, 0.29) is 0 Å². The summed E-state index contributed by atoms with van der Waals surface area (Å²) in [5.74, 6) is -5.60. The smallest absolute Gasteiger partial charge is 0.188 e. The van der Waals surface area contributed by atoms with Gasteiger partial charge in [-0.05, 0) is 36.4 Å². The SMILES string of the molecule is O=C(/C=C/C(=O)c1ccc(F)cc1F)c1ccc(F)cc1F. The van der Waals surface area contributed by atoms with Gasteiger partial charge in [-0.1, -0.05) is 0 Å². The van der Waals surface area contributed by atoms with Crippen molar-refractivity contribution in [2.24, 2.45) is 0 Å². The Kier molecular flexibility index (Phi) is 4.50. The molecule has 0 fully saturated rings. The lowest BCUT2D eigenvalue weighted by Crippen LogP contribution is -2.03. The molecule has 6 heteroatoms. The number of carbonyl (C=O) groups excluding carboxylic acids is 2. The van der Waals surface area contributed by atoms with Crippen LogP contribution in [0.4, 0.5) is 17.6 Å². The molecule has 0 heterocycles. The third-order valence-electron chi connectivity index (χ3n) is 2.78. The van der Waals surface area contributed by atoms with E-state index in [2.05, 4.69) is 0 Å². The van der Waals surface area contributed by atoms with Gasteiger partial charge in [0.2, 0.25) is 0 Å². The molecule has 0 aliphatic heterocycles. The Morgan fingerprint density at radius 1 is 0.682 bits per heavy atom. The molecule has 0 radical (unpaired) electrons. The number of hydrogen-bond donors (Lipinski definition) is 0. The molecule has 22 heavy (non-hydrogen) atoms. The van der Waals surface area contributed by atoms with E-state index < -0.39 is 46.0 Å². The maximum Gasteiger partial charge on any atom is 0.188 e. The van der Waals surface area contributed by atoms with Gasteiger partial charge in [-0.3, -0.25) is 9.59 Å². The highest BCUT2D eigenvalue weighted by atomic mass is 19.1. The Labute approximate surface area is 122 Å². The van der Waals surface area contributed by atoms with Crippen LogP contribution in [-0.4, -0.2) is 11.6 Å². The minimum absolute atomic E-state index is 0.426. The van der Waals surface area contributed by atoms with Crippen molar-refractivity contribution in [1.82, 2.24) is 0 Å². The van der Waals surface area contributed by atoms with Gasteiger partial charge >= 0.3 is 0 Å². The molecule has 0 amide bonds. The second-order valence-electron chi connectivity index (χ2n) is 4.31. The molecule has 2 nitrogen and oxygen atoms in total. The van der Waals surface area contributed by atoms with Crippen LogP contribution < -0.4 is 0 Å². The Balaban J connectivity index is 2.20. The van der Waals surface area contributed by atoms with Crippen LogP contribution in [0.3, 0.4) is 0 Å². The Morgan fingerprint density at radius 2 is 1.05 bits per heavy atom. The summed E-state index contributed by atoms with van der Waals surface area (Å²) in [4.78, 5) is 23.4. The third-order valence-corrected chi connectivity index (χ3v) is 2.78. The number of carbonyl (C=O) groups is 2. The molecule has 0 aromatic heterocycles. The van der Waals surface area contributed by atoms with Gasteiger partial charge in [0, 0.05) is 12.1 Å². The van der Waals surface area contributed by atoms with Crippen molar-refractivity contribution in [2.75, 3.05) is 0 Å². The summed E-state index contributed by atoms with van der Waals surface area (Å²) in [6.45, 7) is 0. The molecule has 2 aromatic carbocycles. The van der Waals surface area contributed by atoms with Crippen molar-refractivity contribution in [1.29, 1.82) is 0 Å². The summed E-state index contributed by atoms with van der Waals surface area (Å²) < 4.78 is 52.2. The van der Waals surface area contributed by atoms with Crippen LogP contribution in [0, 0.1) is 23.3 Å². The van der Waals surface area contributed by atoms with Gasteiger partial charge in [-0.15, -0.1) is 0 Å². The van der Waals surface area contributed by atoms with Crippen molar-refractivity contribution >= 4 is 11.6 Å². The average Bonchev–Trinajstić information content (AvgIpc) is 2.44. The van der Waals surface area contributed by atoms with E-state index in [4.69, 9.17) is 0 Å². The van der Waals surface area contributed by atoms with E-state index >= 15 is 0 Å². The lowest BCUT2D eigenvalue weighted by molar-refractivity contribution is 0.101. The number of hydrogen-bond acceptors (Lipinski definition) is 2. The average molecular weight is 308 g/mol. The Hall–Kier alpha value is -2.76. The summed E-state index contributed by atoms with van der Waals surface area (Å²) in [5, 5.41) is 0. The van der Waals surface area contributed by atoms with Crippen LogP contribution >= 0.6 is 0 Å². The zero-order chi connectivity index (χ0) is 16.3. The number of ketones is 2. The first-order valence-electron chi connectivity index (χ1n) is 6.05. The zero-order valence-corrected chi connectivity index (χ0v) is 10.9. The van der Waals surface area contributed by atoms with Crippen molar-refractivity contribution in [3.63, 3.8) is 0 Å². The zero-order valence-electron chi connectivity index (χ0n) is 10.9. The topological polar surface area (TPSA) is 34.1 Å². The Bertz CT molecular complexity index is 716. The highest BCUT2D eigenvalue weighted by molar-refractivity contribution is 6.12. The van der Waals surface area contributed by atoms with E-state index in [0.29, 0.717) is 12.1 Å². The molecular weight excluding hydrogens is 300 g/mol. The minimum atomic E-state index is -1.07. The monoisotopic (exact) mass is 308 g/mol. The van der Waals surface area contributed by atoms with Crippen molar-refractivity contribution < 1.29 is 27.2 Å². The van der Waals surface area contributed by atoms with E-state index in [1.807, 2.05) is 0 Å². The minimum Gasteiger partial charge on any atom is -0.289 e. The van der Waals surface area contributed by atoms with Crippen LogP contribution in [0.25, 0.3) is 0 Å². The molecule has 112 valence electrons. The van der Waals surface area contributed by atoms with Crippen molar-refractivity contribution in [2.45, 2.75) is 0 Å². The molecular formula is C16H8F4O2. The highest BCUT2D eigenvalue weighted by Gasteiger charge is 2.13. The molecule has 2 aromatic rings. The largest absolute Gasteiger partial charge is 0.289 e. The van der Waals surface area contributed by atoms with Crippen LogP contribution in [0.5, 0.6) is 0 Å². The summed E-state index contributed by atoms with van der Waals surface area (Å²) >= 11 is 0. The third kappa shape index (κ3) is 3.46. The fourth-order valence-electron chi connectivity index (χ4n) is 1.71. The quantitative estimate of drug-likeness (QED) is 0.488. The van der Waals surface area contributed by atoms with Crippen molar-refractivity contribution in [3.8, 4) is 0 Å². The van der Waals surface area contributed by atoms with Gasteiger partial charge in [0.1, 0.15) is 23.3 Å². The van der Waals surface area contributed by atoms with Crippen LogP contribution in [-0.2, 0) is 0 Å². The molecule has 0 saturated heterocycles. The first-order chi connectivity index (χ1) is 10.4. The Morgan fingerprint density at radius 3 is 1.36 bits per heavy atom. The van der Waals surface area contributed by atoms with Crippen LogP contribution in [0.1, 0.15) is 20.7 Å². The van der Waals surface area contributed by atoms with E-state index in [1.165, 1.54) is 0 Å². The molecule has 0 saturated carbocycles. The first kappa shape index (κ1) is 15.6. The van der Waals surface area contributed by atoms with Gasteiger partial charge in [0.25, 0.3) is 0 Å². The molecule has 0 aliphatic rings. The van der Waals surface area contributed by atoms with Gasteiger partial charge in [0.15, 0.2) is 11.6 Å². The standard InChI is InChI=1S/C16H8F4O2/c17-9-1-3-11(13(19)7-9)15(21)5-6-16(22)12-4-2-10(18)8-14(12)20/h1-8H/b6-5+. The number of benzene rings is 2. The summed E-state index contributed by atoms with van der Waals surface area (Å²) in [6, 6.07) is 4.71. The number of rotatable bonds is 4. The van der Waals surface area contributed by atoms with E-state index in [9.17, 15) is 27.2 Å². The lowest BCUT2D eigenvalue weighted by atomic mass is 10.1. The van der Waals surface area contributed by atoms with Crippen molar-refractivity contribution in [3.05, 3.63) is 82.9 Å². The summed E-state index contributed by atoms with van der Waals surface area (Å²) in [7, 11) is 0. The van der Waals surface area contributed by atoms with Gasteiger partial charge in [-0.2, -0.15) is 0 Å². The predicted molar refractivity (Wildman–Crippen MR) is 70.5 cm³/mol. The maximum atomic E-state index is 13.4. The normalized spacial score (nSPS) is 10.9. The molecule has 2 rings (SSSR count). The van der Waals surface area contributed by atoms with Gasteiger partial charge in [-0.25, -0.2) is 17.6 Å². The maximum absolute atomic E-state index is 13.4. The molecule has 0 bridgehead atoms. The van der Waals surface area contributed by atoms with Crippen LogP contribution in [0.2, 0.25) is 0 Å². The first-order valence-corrected chi connectivity index (χ1v) is 6.05. The second kappa shape index (κ2) is 6.34. The van der Waals surface area contributed by atoms with Gasteiger partial charge < -0.3 is 0 Å². The fraction of sp³-hybridized carbons (Fsp3) is 0. The molecule has 0 unspecified atom stereocenters. The fourth-order valence-corrected chi connectivity index (χ4v) is 1.71. The lowest BCUT2D eigenvalue weighted by Gasteiger charge is -2.00. The molecule has 0 N–H and O–H groups in total. The van der Waals surface area contributed by atoms with Gasteiger partial charge in [0.05, 0.1) is 11.1 Å². The molecule has 0 spiro atoms. The van der Waals surface area contributed by atoms with Crippen LogP contribution in [0.15, 0.2) is 48.6 Å². The summed E-state index contributed by atoms with van der Waals surface area (Å²) in [5.41, 5.74) is -0.852. The summed E-state index contributed by atoms with van der Waals surface area (Å²) in [6.07, 6.45) is 1.48. The van der Waals surface area contributed by atoms with E-state index in [0.717, 1.165) is 36.4 Å². The highest BCUT2D eigenvalue weighted by Crippen LogP contribution is 2.13. The van der Waals surface area contributed by atoms with E-state index in [1.54, 1.807) is 0 Å².